The number of allylic oxidation sites excluding steroid dienone is 4. The van der Waals surface area contributed by atoms with Gasteiger partial charge in [0.15, 0.2) is 0 Å². The maximum atomic E-state index is 2.46. The zero-order valence-electron chi connectivity index (χ0n) is 25.8. The second-order valence-corrected chi connectivity index (χ2v) is 15.4. The van der Waals surface area contributed by atoms with Gasteiger partial charge in [0.2, 0.25) is 0 Å². The summed E-state index contributed by atoms with van der Waals surface area (Å²) in [6.45, 7) is 23.2. The van der Waals surface area contributed by atoms with Crippen molar-refractivity contribution in [2.24, 2.45) is 5.92 Å². The number of fused-ring (bicyclic) bond motifs is 3. The Morgan fingerprint density at radius 3 is 1.82 bits per heavy atom. The van der Waals surface area contributed by atoms with Crippen molar-refractivity contribution in [3.05, 3.63) is 69.8 Å². The second kappa shape index (κ2) is 13.0. The van der Waals surface area contributed by atoms with Gasteiger partial charge in [-0.05, 0) is 43.1 Å². The van der Waals surface area contributed by atoms with E-state index in [1.807, 2.05) is 0 Å². The third-order valence-corrected chi connectivity index (χ3v) is 10.2. The van der Waals surface area contributed by atoms with Crippen molar-refractivity contribution < 1.29 is 49.0 Å². The number of hydrogen-bond acceptors (Lipinski definition) is 0. The molecule has 39 heavy (non-hydrogen) atoms. The fourth-order valence-corrected chi connectivity index (χ4v) is 7.08. The first-order valence-corrected chi connectivity index (χ1v) is 15.6. The van der Waals surface area contributed by atoms with Gasteiger partial charge in [-0.3, -0.25) is 0 Å². The number of rotatable bonds is 1. The summed E-state index contributed by atoms with van der Waals surface area (Å²) in [5.74, 6) is 0.472. The van der Waals surface area contributed by atoms with Crippen LogP contribution in [-0.4, -0.2) is 3.21 Å². The van der Waals surface area contributed by atoms with E-state index in [0.29, 0.717) is 5.92 Å². The molecule has 0 aromatic heterocycles. The van der Waals surface area contributed by atoms with Gasteiger partial charge in [0.1, 0.15) is 0 Å². The van der Waals surface area contributed by atoms with E-state index < -0.39 is 0 Å². The van der Waals surface area contributed by atoms with Crippen LogP contribution in [-0.2, 0) is 35.1 Å². The Morgan fingerprint density at radius 1 is 0.769 bits per heavy atom. The fourth-order valence-electron chi connectivity index (χ4n) is 6.22. The third-order valence-electron chi connectivity index (χ3n) is 8.93. The Balaban J connectivity index is 0.000000518. The van der Waals surface area contributed by atoms with Gasteiger partial charge in [-0.15, -0.1) is 33.7 Å². The molecule has 0 saturated heterocycles. The molecule has 210 valence electrons. The molecule has 1 atom stereocenters. The van der Waals surface area contributed by atoms with Crippen LogP contribution in [0.15, 0.2) is 53.1 Å². The second-order valence-electron chi connectivity index (χ2n) is 13.6. The van der Waals surface area contributed by atoms with Crippen molar-refractivity contribution in [1.29, 1.82) is 0 Å². The van der Waals surface area contributed by atoms with Crippen molar-refractivity contribution >= 4 is 30.3 Å². The zero-order valence-corrected chi connectivity index (χ0v) is 29.8. The number of hydrogen-bond donors (Lipinski definition) is 0. The van der Waals surface area contributed by atoms with E-state index >= 15 is 0 Å². The molecule has 0 radical (unpaired) electrons. The Kier molecular flexibility index (Phi) is 11.4. The Hall–Kier alpha value is -0.877. The van der Waals surface area contributed by atoms with Crippen LogP contribution in [0.1, 0.15) is 118 Å². The van der Waals surface area contributed by atoms with E-state index in [-0.39, 0.29) is 35.6 Å². The molecule has 0 nitrogen and oxygen atoms in total. The molecule has 1 fully saturated rings. The number of halogens is 2. The van der Waals surface area contributed by atoms with Crippen LogP contribution in [0.2, 0.25) is 0 Å². The van der Waals surface area contributed by atoms with Gasteiger partial charge in [0.05, 0.1) is 0 Å². The van der Waals surface area contributed by atoms with Gasteiger partial charge >= 0.3 is 59.5 Å². The van der Waals surface area contributed by atoms with E-state index in [1.54, 1.807) is 27.4 Å². The summed E-state index contributed by atoms with van der Waals surface area (Å²) in [5, 5.41) is 5.57. The van der Waals surface area contributed by atoms with Crippen molar-refractivity contribution in [3.63, 3.8) is 0 Å². The van der Waals surface area contributed by atoms with Gasteiger partial charge < -0.3 is 24.8 Å². The van der Waals surface area contributed by atoms with Crippen LogP contribution in [0, 0.1) is 5.92 Å². The Labute approximate surface area is 265 Å². The van der Waals surface area contributed by atoms with E-state index in [2.05, 4.69) is 106 Å². The van der Waals surface area contributed by atoms with Crippen LogP contribution >= 0.6 is 0 Å². The summed E-state index contributed by atoms with van der Waals surface area (Å²) < 4.78 is 1.80. The molecule has 2 aliphatic rings. The van der Waals surface area contributed by atoms with E-state index in [0.717, 1.165) is 0 Å². The van der Waals surface area contributed by atoms with E-state index in [4.69, 9.17) is 0 Å². The summed E-state index contributed by atoms with van der Waals surface area (Å²) in [7, 11) is 0. The van der Waals surface area contributed by atoms with Gasteiger partial charge in [-0.2, -0.15) is 0 Å². The van der Waals surface area contributed by atoms with Gasteiger partial charge in [-0.25, -0.2) is 0 Å². The number of benzene rings is 2. The first-order valence-electron chi connectivity index (χ1n) is 14.3. The average molecular weight is 642 g/mol. The first-order chi connectivity index (χ1) is 17.2. The molecule has 0 N–H and O–H groups in total. The standard InChI is InChI=1S/C30H37.C6H10.2ClH.Zr/c1-17-18(2)20(4)27(19(17)3)28-25-16-21-15-22(29(5,6)7)11-12-23(21)24(25)13-14-26(28)30(8,9)10;1-2-4-6-5-3-1;;;/h11-16,19H,1-10H3;1-5H2;2*1H;/q-1;;;;+2/p-2. The summed E-state index contributed by atoms with van der Waals surface area (Å²) in [5.41, 5.74) is 10.6. The predicted octanol–water partition coefficient (Wildman–Crippen LogP) is 4.74. The molecular weight excluding hydrogens is 595 g/mol. The summed E-state index contributed by atoms with van der Waals surface area (Å²) >= 11 is 1.69. The maximum absolute atomic E-state index is 2.46. The van der Waals surface area contributed by atoms with Crippen LogP contribution in [0.5, 0.6) is 0 Å². The normalized spacial score (nSPS) is 18.3. The van der Waals surface area contributed by atoms with E-state index in [9.17, 15) is 0 Å². The van der Waals surface area contributed by atoms with Crippen LogP contribution < -0.4 is 24.8 Å². The quantitative estimate of drug-likeness (QED) is 0.337. The molecule has 3 aromatic rings. The molecule has 0 spiro atoms. The van der Waals surface area contributed by atoms with Crippen molar-refractivity contribution in [3.8, 4) is 0 Å². The molecule has 3 heteroatoms. The van der Waals surface area contributed by atoms with Gasteiger partial charge in [0.25, 0.3) is 0 Å². The van der Waals surface area contributed by atoms with Crippen LogP contribution in [0.4, 0.5) is 0 Å². The van der Waals surface area contributed by atoms with Crippen molar-refractivity contribution in [2.75, 3.05) is 0 Å². The molecule has 3 aromatic carbocycles. The summed E-state index contributed by atoms with van der Waals surface area (Å²) in [4.78, 5) is 0. The van der Waals surface area contributed by atoms with Gasteiger partial charge in [0, 0.05) is 0 Å². The molecule has 2 aliphatic carbocycles. The third kappa shape index (κ3) is 6.96. The average Bonchev–Trinajstić information content (AvgIpc) is 3.29. The minimum atomic E-state index is 0. The van der Waals surface area contributed by atoms with Gasteiger partial charge in [-0.1, -0.05) is 106 Å². The zero-order chi connectivity index (χ0) is 27.3. The molecule has 1 unspecified atom stereocenters. The molecule has 0 heterocycles. The molecule has 0 bridgehead atoms. The first kappa shape index (κ1) is 34.3. The molecule has 0 amide bonds. The van der Waals surface area contributed by atoms with E-state index in [1.165, 1.54) is 92.6 Å². The molecular formula is C36H47Cl2Zr-. The monoisotopic (exact) mass is 639 g/mol. The SMILES string of the molecule is CC1=C(C)C(C)C(c2c(C(C)(C)C)ccc3c2[cH-]c2cc(C(C)(C)C)ccc23)=C1C.[Cl-].[Cl-].[Zr+2]=[C]1CCCCC1. The van der Waals surface area contributed by atoms with Crippen LogP contribution in [0.25, 0.3) is 27.1 Å². The minimum absolute atomic E-state index is 0. The summed E-state index contributed by atoms with van der Waals surface area (Å²) in [6, 6.07) is 14.3. The predicted molar refractivity (Wildman–Crippen MR) is 163 cm³/mol. The summed E-state index contributed by atoms with van der Waals surface area (Å²) in [6.07, 6.45) is 7.32. The molecule has 0 aliphatic heterocycles. The van der Waals surface area contributed by atoms with Crippen LogP contribution in [0.3, 0.4) is 0 Å². The van der Waals surface area contributed by atoms with Crippen molar-refractivity contribution in [1.82, 2.24) is 0 Å². The molecule has 5 rings (SSSR count). The Morgan fingerprint density at radius 2 is 1.36 bits per heavy atom. The molecule has 1 saturated carbocycles. The Bertz CT molecular complexity index is 1410. The van der Waals surface area contributed by atoms with Crippen molar-refractivity contribution in [2.45, 2.75) is 112 Å². The fraction of sp³-hybridized carbons (Fsp3) is 0.500. The topological polar surface area (TPSA) is 0 Å².